The van der Waals surface area contributed by atoms with Crippen LogP contribution in [0.1, 0.15) is 30.0 Å². The van der Waals surface area contributed by atoms with Crippen molar-refractivity contribution in [2.24, 2.45) is 0 Å². The van der Waals surface area contributed by atoms with E-state index in [1.54, 1.807) is 0 Å². The van der Waals surface area contributed by atoms with Gasteiger partial charge in [-0.15, -0.1) is 0 Å². The third-order valence-corrected chi connectivity index (χ3v) is 5.06. The molecule has 130 valence electrons. The van der Waals surface area contributed by atoms with Crippen LogP contribution in [0.4, 0.5) is 5.69 Å². The van der Waals surface area contributed by atoms with Crippen LogP contribution in [0.2, 0.25) is 0 Å². The maximum Gasteiger partial charge on any atom is 0.279 e. The number of hydrogen-bond donors (Lipinski definition) is 2. The average molecular weight is 339 g/mol. The molecule has 0 bridgehead atoms. The van der Waals surface area contributed by atoms with Crippen molar-refractivity contribution in [3.8, 4) is 11.5 Å². The molecule has 2 aromatic carbocycles. The first-order valence-corrected chi connectivity index (χ1v) is 8.80. The Bertz CT molecular complexity index is 790. The maximum atomic E-state index is 12.5. The molecule has 2 atom stereocenters. The smallest absolute Gasteiger partial charge is 0.279 e. The number of rotatable bonds is 4. The number of carbonyl (C=O) groups excluding carboxylic acids is 1. The van der Waals surface area contributed by atoms with Crippen LogP contribution >= 0.6 is 0 Å². The van der Waals surface area contributed by atoms with Crippen LogP contribution in [0.3, 0.4) is 0 Å². The molecule has 0 spiro atoms. The van der Waals surface area contributed by atoms with Gasteiger partial charge in [0.1, 0.15) is 6.04 Å². The van der Waals surface area contributed by atoms with Gasteiger partial charge in [-0.2, -0.15) is 0 Å². The molecule has 5 heteroatoms. The first kappa shape index (κ1) is 16.0. The minimum absolute atomic E-state index is 0.0134. The van der Waals surface area contributed by atoms with E-state index in [0.717, 1.165) is 24.3 Å². The van der Waals surface area contributed by atoms with Gasteiger partial charge in [0.15, 0.2) is 18.0 Å². The minimum Gasteiger partial charge on any atom is -0.454 e. The van der Waals surface area contributed by atoms with Gasteiger partial charge in [0.25, 0.3) is 5.91 Å². The molecule has 1 aliphatic carbocycles. The Kier molecular flexibility index (Phi) is 4.32. The van der Waals surface area contributed by atoms with Crippen LogP contribution in [0.15, 0.2) is 42.5 Å². The van der Waals surface area contributed by atoms with Crippen molar-refractivity contribution in [1.82, 2.24) is 0 Å². The van der Waals surface area contributed by atoms with E-state index in [-0.39, 0.29) is 12.7 Å². The number of quaternary nitrogens is 1. The number of carbonyl (C=O) groups is 1. The van der Waals surface area contributed by atoms with E-state index in [0.29, 0.717) is 18.3 Å². The molecule has 0 radical (unpaired) electrons. The van der Waals surface area contributed by atoms with E-state index < -0.39 is 0 Å². The van der Waals surface area contributed by atoms with Crippen molar-refractivity contribution >= 4 is 11.6 Å². The van der Waals surface area contributed by atoms with E-state index >= 15 is 0 Å². The summed E-state index contributed by atoms with van der Waals surface area (Å²) in [5, 5.41) is 2.97. The zero-order chi connectivity index (χ0) is 17.2. The van der Waals surface area contributed by atoms with Gasteiger partial charge in [-0.05, 0) is 30.5 Å². The average Bonchev–Trinajstić information content (AvgIpc) is 3.08. The van der Waals surface area contributed by atoms with Gasteiger partial charge in [0.2, 0.25) is 6.79 Å². The first-order valence-electron chi connectivity index (χ1n) is 8.80. The Balaban J connectivity index is 1.41. The van der Waals surface area contributed by atoms with Crippen LogP contribution in [0, 0.1) is 0 Å². The second kappa shape index (κ2) is 6.76. The summed E-state index contributed by atoms with van der Waals surface area (Å²) in [5.41, 5.74) is 3.56. The van der Waals surface area contributed by atoms with Crippen LogP contribution in [0.5, 0.6) is 11.5 Å². The predicted molar refractivity (Wildman–Crippen MR) is 95.1 cm³/mol. The van der Waals surface area contributed by atoms with Crippen molar-refractivity contribution in [3.63, 3.8) is 0 Å². The molecular formula is C20H23N2O3+. The summed E-state index contributed by atoms with van der Waals surface area (Å²) in [4.78, 5) is 13.7. The van der Waals surface area contributed by atoms with Crippen molar-refractivity contribution < 1.29 is 19.2 Å². The highest BCUT2D eigenvalue weighted by Crippen LogP contribution is 2.34. The van der Waals surface area contributed by atoms with Gasteiger partial charge in [-0.3, -0.25) is 4.79 Å². The lowest BCUT2D eigenvalue weighted by molar-refractivity contribution is -0.905. The second-order valence-corrected chi connectivity index (χ2v) is 6.78. The summed E-state index contributed by atoms with van der Waals surface area (Å²) >= 11 is 0. The second-order valence-electron chi connectivity index (χ2n) is 6.78. The van der Waals surface area contributed by atoms with Gasteiger partial charge in [-0.1, -0.05) is 24.3 Å². The molecule has 5 nitrogen and oxygen atoms in total. The van der Waals surface area contributed by atoms with E-state index in [1.807, 2.05) is 18.2 Å². The summed E-state index contributed by atoms with van der Waals surface area (Å²) in [6.45, 7) is 0.675. The topological polar surface area (TPSA) is 52.0 Å². The van der Waals surface area contributed by atoms with Crippen molar-refractivity contribution in [3.05, 3.63) is 53.6 Å². The lowest BCUT2D eigenvalue weighted by Crippen LogP contribution is -3.10. The summed E-state index contributed by atoms with van der Waals surface area (Å²) in [6, 6.07) is 14.5. The van der Waals surface area contributed by atoms with Crippen LogP contribution in [0.25, 0.3) is 0 Å². The van der Waals surface area contributed by atoms with Gasteiger partial charge in [0.05, 0.1) is 7.05 Å². The SMILES string of the molecule is C[NH+](CC(=O)Nc1ccc2c(c1)OCO2)[C@H]1CCCc2ccccc21. The highest BCUT2D eigenvalue weighted by atomic mass is 16.7. The summed E-state index contributed by atoms with van der Waals surface area (Å²) in [7, 11) is 2.10. The van der Waals surface area contributed by atoms with Crippen molar-refractivity contribution in [1.29, 1.82) is 0 Å². The molecule has 0 saturated carbocycles. The van der Waals surface area contributed by atoms with E-state index in [2.05, 4.69) is 36.6 Å². The summed E-state index contributed by atoms with van der Waals surface area (Å²) in [6.07, 6.45) is 3.45. The quantitative estimate of drug-likeness (QED) is 0.895. The fourth-order valence-corrected chi connectivity index (χ4v) is 3.82. The Morgan fingerprint density at radius 2 is 2.04 bits per heavy atom. The molecule has 1 unspecified atom stereocenters. The number of amides is 1. The van der Waals surface area contributed by atoms with Gasteiger partial charge >= 0.3 is 0 Å². The Morgan fingerprint density at radius 3 is 2.96 bits per heavy atom. The third kappa shape index (κ3) is 3.33. The van der Waals surface area contributed by atoms with Gasteiger partial charge in [-0.25, -0.2) is 0 Å². The number of fused-ring (bicyclic) bond motifs is 2. The fourth-order valence-electron chi connectivity index (χ4n) is 3.82. The summed E-state index contributed by atoms with van der Waals surface area (Å²) < 4.78 is 10.7. The number of nitrogens with one attached hydrogen (secondary N) is 2. The van der Waals surface area contributed by atoms with Gasteiger partial charge < -0.3 is 19.7 Å². The zero-order valence-corrected chi connectivity index (χ0v) is 14.4. The lowest BCUT2D eigenvalue weighted by atomic mass is 9.87. The number of anilines is 1. The molecule has 2 aromatic rings. The number of benzene rings is 2. The monoisotopic (exact) mass is 339 g/mol. The molecule has 0 saturated heterocycles. The molecule has 25 heavy (non-hydrogen) atoms. The Labute approximate surface area is 147 Å². The summed E-state index contributed by atoms with van der Waals surface area (Å²) in [5.74, 6) is 1.42. The van der Waals surface area contributed by atoms with E-state index in [1.165, 1.54) is 22.4 Å². The van der Waals surface area contributed by atoms with Gasteiger partial charge in [0, 0.05) is 23.7 Å². The first-order chi connectivity index (χ1) is 12.2. The number of ether oxygens (including phenoxy) is 2. The highest BCUT2D eigenvalue weighted by molar-refractivity contribution is 5.91. The highest BCUT2D eigenvalue weighted by Gasteiger charge is 2.28. The zero-order valence-electron chi connectivity index (χ0n) is 14.4. The molecule has 2 aliphatic rings. The third-order valence-electron chi connectivity index (χ3n) is 5.06. The van der Waals surface area contributed by atoms with E-state index in [9.17, 15) is 4.79 Å². The molecule has 2 N–H and O–H groups in total. The maximum absolute atomic E-state index is 12.5. The van der Waals surface area contributed by atoms with Crippen LogP contribution in [-0.2, 0) is 11.2 Å². The normalized spacial score (nSPS) is 19.2. The Hall–Kier alpha value is -2.53. The standard InChI is InChI=1S/C20H22N2O3/c1-22(17-8-4-6-14-5-2-3-7-16(14)17)12-20(23)21-15-9-10-18-19(11-15)25-13-24-18/h2-3,5,7,9-11,17H,4,6,8,12-13H2,1H3,(H,21,23)/p+1/t17-/m0/s1. The Morgan fingerprint density at radius 1 is 1.20 bits per heavy atom. The molecule has 4 rings (SSSR count). The molecule has 0 aromatic heterocycles. The molecule has 1 aliphatic heterocycles. The van der Waals surface area contributed by atoms with E-state index in [4.69, 9.17) is 9.47 Å². The number of hydrogen-bond acceptors (Lipinski definition) is 3. The minimum atomic E-state index is 0.0134. The lowest BCUT2D eigenvalue weighted by Gasteiger charge is -2.30. The number of likely N-dealkylation sites (N-methyl/N-ethyl adjacent to an activating group) is 1. The van der Waals surface area contributed by atoms with Crippen LogP contribution < -0.4 is 19.7 Å². The fraction of sp³-hybridized carbons (Fsp3) is 0.350. The van der Waals surface area contributed by atoms with Crippen molar-refractivity contribution in [2.75, 3.05) is 25.7 Å². The number of aryl methyl sites for hydroxylation is 1. The predicted octanol–water partition coefficient (Wildman–Crippen LogP) is 1.95. The van der Waals surface area contributed by atoms with Crippen LogP contribution in [-0.4, -0.2) is 26.3 Å². The molecule has 1 heterocycles. The molecular weight excluding hydrogens is 316 g/mol. The largest absolute Gasteiger partial charge is 0.454 e. The molecule has 0 fully saturated rings. The molecule has 1 amide bonds. The van der Waals surface area contributed by atoms with Crippen molar-refractivity contribution in [2.45, 2.75) is 25.3 Å².